The van der Waals surface area contributed by atoms with Gasteiger partial charge in [-0.1, -0.05) is 0 Å². The summed E-state index contributed by atoms with van der Waals surface area (Å²) in [5.74, 6) is -7.12. The van der Waals surface area contributed by atoms with Crippen LogP contribution in [-0.4, -0.2) is 92.4 Å². The van der Waals surface area contributed by atoms with Crippen LogP contribution in [0.15, 0.2) is 17.5 Å². The summed E-state index contributed by atoms with van der Waals surface area (Å²) in [5.41, 5.74) is 21.9. The average Bonchev–Trinajstić information content (AvgIpc) is 3.32. The number of H-pyrrole nitrogens is 1. The van der Waals surface area contributed by atoms with E-state index in [0.717, 1.165) is 0 Å². The number of carbonyl (C=O) groups excluding carboxylic acids is 4. The van der Waals surface area contributed by atoms with Gasteiger partial charge in [-0.25, -0.2) is 9.78 Å². The molecule has 0 saturated heterocycles. The molecule has 0 aromatic carbocycles. The Hall–Kier alpha value is -4.74. The Bertz CT molecular complexity index is 1030. The summed E-state index contributed by atoms with van der Waals surface area (Å²) in [6.45, 7) is 0.0450. The van der Waals surface area contributed by atoms with Gasteiger partial charge in [0.15, 0.2) is 5.96 Å². The third kappa shape index (κ3) is 11.8. The summed E-state index contributed by atoms with van der Waals surface area (Å²) < 4.78 is 0. The normalized spacial score (nSPS) is 13.7. The lowest BCUT2D eigenvalue weighted by Gasteiger charge is -2.24. The second-order valence-electron chi connectivity index (χ2n) is 8.13. The van der Waals surface area contributed by atoms with Crippen LogP contribution in [-0.2, 0) is 35.2 Å². The molecule has 1 heterocycles. The second kappa shape index (κ2) is 15.4. The number of hydrogen-bond acceptors (Lipinski definition) is 9. The highest BCUT2D eigenvalue weighted by atomic mass is 16.4. The number of aliphatic imine (C=N–C) groups is 1. The molecule has 0 spiro atoms. The fraction of sp³-hybridized carbons (Fsp3) is 0.500. The molecule has 0 bridgehead atoms. The van der Waals surface area contributed by atoms with Gasteiger partial charge in [0.05, 0.1) is 25.2 Å². The predicted octanol–water partition coefficient (Wildman–Crippen LogP) is -4.78. The Morgan fingerprint density at radius 3 is 2.05 bits per heavy atom. The lowest BCUT2D eigenvalue weighted by atomic mass is 10.1. The molecule has 18 nitrogen and oxygen atoms in total. The maximum atomic E-state index is 12.9. The van der Waals surface area contributed by atoms with E-state index in [9.17, 15) is 39.0 Å². The summed E-state index contributed by atoms with van der Waals surface area (Å²) in [6, 6.07) is -5.91. The molecule has 1 rings (SSSR count). The van der Waals surface area contributed by atoms with E-state index >= 15 is 0 Å². The SMILES string of the molecule is NC(=O)CC(NC(=O)C(CCCN=C(N)N)NC(=O)C(CC(=O)O)NC(=O)C(N)Cc1cnc[nH]1)C(=O)O. The van der Waals surface area contributed by atoms with Crippen molar-refractivity contribution in [3.8, 4) is 0 Å². The Morgan fingerprint density at radius 2 is 1.53 bits per heavy atom. The summed E-state index contributed by atoms with van der Waals surface area (Å²) >= 11 is 0. The van der Waals surface area contributed by atoms with Crippen molar-refractivity contribution < 1.29 is 39.0 Å². The first-order chi connectivity index (χ1) is 17.8. The van der Waals surface area contributed by atoms with Gasteiger partial charge in [-0.2, -0.15) is 0 Å². The van der Waals surface area contributed by atoms with E-state index < -0.39 is 72.6 Å². The van der Waals surface area contributed by atoms with Gasteiger partial charge in [-0.15, -0.1) is 0 Å². The number of aromatic amines is 1. The van der Waals surface area contributed by atoms with E-state index in [1.54, 1.807) is 0 Å². The number of nitrogens with one attached hydrogen (secondary N) is 4. The topological polar surface area (TPSA) is 324 Å². The number of nitrogens with two attached hydrogens (primary N) is 4. The van der Waals surface area contributed by atoms with E-state index in [4.69, 9.17) is 22.9 Å². The molecule has 1 aromatic rings. The molecule has 18 heteroatoms. The largest absolute Gasteiger partial charge is 0.481 e. The minimum atomic E-state index is -1.69. The second-order valence-corrected chi connectivity index (χ2v) is 8.13. The molecule has 14 N–H and O–H groups in total. The lowest BCUT2D eigenvalue weighted by Crippen LogP contribution is -2.57. The number of rotatable bonds is 17. The molecule has 38 heavy (non-hydrogen) atoms. The number of hydrogen-bond donors (Lipinski definition) is 10. The van der Waals surface area contributed by atoms with Crippen LogP contribution < -0.4 is 38.9 Å². The number of guanidine groups is 1. The number of primary amides is 1. The van der Waals surface area contributed by atoms with Crippen molar-refractivity contribution in [2.75, 3.05) is 6.54 Å². The Kier molecular flexibility index (Phi) is 12.7. The van der Waals surface area contributed by atoms with E-state index in [1.165, 1.54) is 12.5 Å². The minimum Gasteiger partial charge on any atom is -0.481 e. The summed E-state index contributed by atoms with van der Waals surface area (Å²) in [7, 11) is 0. The van der Waals surface area contributed by atoms with Crippen LogP contribution in [0, 0.1) is 0 Å². The van der Waals surface area contributed by atoms with Crippen molar-refractivity contribution in [3.63, 3.8) is 0 Å². The maximum absolute atomic E-state index is 12.9. The van der Waals surface area contributed by atoms with E-state index in [0.29, 0.717) is 5.69 Å². The zero-order valence-electron chi connectivity index (χ0n) is 20.3. The van der Waals surface area contributed by atoms with Crippen molar-refractivity contribution in [2.45, 2.75) is 56.3 Å². The summed E-state index contributed by atoms with van der Waals surface area (Å²) in [6.07, 6.45) is 1.26. The predicted molar refractivity (Wildman–Crippen MR) is 130 cm³/mol. The van der Waals surface area contributed by atoms with Gasteiger partial charge < -0.3 is 54.1 Å². The Labute approximate surface area is 216 Å². The zero-order valence-corrected chi connectivity index (χ0v) is 20.3. The standard InChI is InChI=1S/C20H32N10O8/c21-10(4-9-7-25-8-27-9)16(34)29-12(6-15(32)33)18(36)28-11(2-1-3-26-20(23)24)17(35)30-13(19(37)38)5-14(22)31/h7-8,10-13H,1-6,21H2,(H2,22,31)(H,25,27)(H,28,36)(H,29,34)(H,30,35)(H,32,33)(H,37,38)(H4,23,24,26). The number of imidazole rings is 1. The number of amides is 4. The number of carbonyl (C=O) groups is 6. The molecule has 0 aliphatic carbocycles. The van der Waals surface area contributed by atoms with Crippen LogP contribution in [0.4, 0.5) is 0 Å². The van der Waals surface area contributed by atoms with Crippen LogP contribution in [0.1, 0.15) is 31.4 Å². The first-order valence-electron chi connectivity index (χ1n) is 11.2. The molecular weight excluding hydrogens is 508 g/mol. The van der Waals surface area contributed by atoms with Crippen LogP contribution in [0.25, 0.3) is 0 Å². The van der Waals surface area contributed by atoms with Gasteiger partial charge in [-0.3, -0.25) is 29.0 Å². The van der Waals surface area contributed by atoms with Crippen molar-refractivity contribution >= 4 is 41.5 Å². The molecule has 1 aromatic heterocycles. The molecule has 0 radical (unpaired) electrons. The Morgan fingerprint density at radius 1 is 0.921 bits per heavy atom. The molecule has 4 amide bonds. The molecule has 210 valence electrons. The quantitative estimate of drug-likeness (QED) is 0.0505. The molecule has 4 unspecified atom stereocenters. The van der Waals surface area contributed by atoms with E-state index in [-0.39, 0.29) is 31.8 Å². The minimum absolute atomic E-state index is 0.0134. The molecule has 4 atom stereocenters. The monoisotopic (exact) mass is 540 g/mol. The summed E-state index contributed by atoms with van der Waals surface area (Å²) in [4.78, 5) is 82.4. The van der Waals surface area contributed by atoms with E-state index in [2.05, 4.69) is 30.9 Å². The first kappa shape index (κ1) is 31.3. The van der Waals surface area contributed by atoms with Crippen molar-refractivity contribution in [3.05, 3.63) is 18.2 Å². The van der Waals surface area contributed by atoms with Gasteiger partial charge in [-0.05, 0) is 12.8 Å². The van der Waals surface area contributed by atoms with Crippen LogP contribution in [0.2, 0.25) is 0 Å². The van der Waals surface area contributed by atoms with Crippen molar-refractivity contribution in [2.24, 2.45) is 27.9 Å². The highest BCUT2D eigenvalue weighted by Gasteiger charge is 2.31. The molecular formula is C20H32N10O8. The van der Waals surface area contributed by atoms with Gasteiger partial charge in [0.25, 0.3) is 0 Å². The Balaban J connectivity index is 3.02. The van der Waals surface area contributed by atoms with Gasteiger partial charge >= 0.3 is 11.9 Å². The van der Waals surface area contributed by atoms with Crippen LogP contribution in [0.5, 0.6) is 0 Å². The fourth-order valence-corrected chi connectivity index (χ4v) is 3.11. The van der Waals surface area contributed by atoms with Crippen LogP contribution >= 0.6 is 0 Å². The number of carboxylic acids is 2. The third-order valence-electron chi connectivity index (χ3n) is 4.94. The number of aliphatic carboxylic acids is 2. The molecule has 0 aliphatic heterocycles. The van der Waals surface area contributed by atoms with Gasteiger partial charge in [0.2, 0.25) is 23.6 Å². The maximum Gasteiger partial charge on any atom is 0.326 e. The number of aromatic nitrogens is 2. The van der Waals surface area contributed by atoms with E-state index in [1.807, 2.05) is 0 Å². The zero-order chi connectivity index (χ0) is 28.8. The third-order valence-corrected chi connectivity index (χ3v) is 4.94. The highest BCUT2D eigenvalue weighted by Crippen LogP contribution is 2.05. The number of nitrogens with zero attached hydrogens (tertiary/aromatic N) is 2. The first-order valence-corrected chi connectivity index (χ1v) is 11.2. The van der Waals surface area contributed by atoms with Gasteiger partial charge in [0.1, 0.15) is 18.1 Å². The van der Waals surface area contributed by atoms with Crippen molar-refractivity contribution in [1.29, 1.82) is 0 Å². The fourth-order valence-electron chi connectivity index (χ4n) is 3.11. The van der Waals surface area contributed by atoms with Crippen molar-refractivity contribution in [1.82, 2.24) is 25.9 Å². The molecule has 0 fully saturated rings. The van der Waals surface area contributed by atoms with Crippen LogP contribution in [0.3, 0.4) is 0 Å². The lowest BCUT2D eigenvalue weighted by molar-refractivity contribution is -0.144. The van der Waals surface area contributed by atoms with Gasteiger partial charge in [0, 0.05) is 24.9 Å². The smallest absolute Gasteiger partial charge is 0.326 e. The number of carboxylic acid groups (broad SMARTS) is 2. The molecule has 0 saturated carbocycles. The summed E-state index contributed by atoms with van der Waals surface area (Å²) in [5, 5.41) is 25.1. The molecule has 0 aliphatic rings. The highest BCUT2D eigenvalue weighted by molar-refractivity contribution is 5.96. The average molecular weight is 541 g/mol.